The van der Waals surface area contributed by atoms with Gasteiger partial charge < -0.3 is 4.98 Å². The van der Waals surface area contributed by atoms with E-state index in [2.05, 4.69) is 9.97 Å². The second-order valence-electron chi connectivity index (χ2n) is 3.12. The van der Waals surface area contributed by atoms with Crippen LogP contribution in [0.1, 0.15) is 0 Å². The molecule has 0 bridgehead atoms. The number of rotatable bonds is 1. The van der Waals surface area contributed by atoms with Gasteiger partial charge in [0.15, 0.2) is 4.77 Å². The minimum absolute atomic E-state index is 0.120. The maximum atomic E-state index is 11.5. The van der Waals surface area contributed by atoms with Crippen LogP contribution in [-0.4, -0.2) is 14.5 Å². The maximum absolute atomic E-state index is 11.5. The first kappa shape index (κ1) is 9.79. The van der Waals surface area contributed by atoms with Crippen LogP contribution in [0.15, 0.2) is 35.4 Å². The Morgan fingerprint density at radius 3 is 2.67 bits per heavy atom. The van der Waals surface area contributed by atoms with Gasteiger partial charge in [-0.2, -0.15) is 0 Å². The van der Waals surface area contributed by atoms with Crippen molar-refractivity contribution >= 4 is 12.2 Å². The number of pyridine rings is 1. The van der Waals surface area contributed by atoms with E-state index in [1.165, 1.54) is 10.6 Å². The third-order valence-electron chi connectivity index (χ3n) is 2.14. The fraction of sp³-hybridized carbons (Fsp3) is 0.100. The molecule has 0 saturated heterocycles. The fourth-order valence-corrected chi connectivity index (χ4v) is 1.44. The minimum Gasteiger partial charge on any atom is -0.332 e. The van der Waals surface area contributed by atoms with Gasteiger partial charge in [0.25, 0.3) is 5.56 Å². The van der Waals surface area contributed by atoms with Crippen molar-refractivity contribution in [3.63, 3.8) is 0 Å². The van der Waals surface area contributed by atoms with Crippen LogP contribution >= 0.6 is 12.2 Å². The normalized spacial score (nSPS) is 10.2. The zero-order chi connectivity index (χ0) is 10.8. The molecule has 0 fully saturated rings. The molecule has 0 radical (unpaired) electrons. The summed E-state index contributed by atoms with van der Waals surface area (Å²) >= 11 is 5.02. The average Bonchev–Trinajstić information content (AvgIpc) is 2.26. The Bertz CT molecular complexity index is 554. The lowest BCUT2D eigenvalue weighted by atomic mass is 10.2. The van der Waals surface area contributed by atoms with Crippen molar-refractivity contribution < 1.29 is 0 Å². The van der Waals surface area contributed by atoms with Crippen molar-refractivity contribution in [2.24, 2.45) is 7.05 Å². The van der Waals surface area contributed by atoms with Gasteiger partial charge in [0.2, 0.25) is 0 Å². The summed E-state index contributed by atoms with van der Waals surface area (Å²) in [6, 6.07) is 5.16. The number of hydrogen-bond donors (Lipinski definition) is 1. The Morgan fingerprint density at radius 1 is 1.40 bits per heavy atom. The second kappa shape index (κ2) is 3.78. The van der Waals surface area contributed by atoms with Gasteiger partial charge in [0, 0.05) is 31.1 Å². The molecule has 1 N–H and O–H groups in total. The Kier molecular flexibility index (Phi) is 2.47. The molecule has 2 aromatic heterocycles. The van der Waals surface area contributed by atoms with Gasteiger partial charge in [0.05, 0.1) is 5.69 Å². The number of aromatic nitrogens is 3. The molecule has 5 heteroatoms. The first-order chi connectivity index (χ1) is 7.18. The second-order valence-corrected chi connectivity index (χ2v) is 3.51. The van der Waals surface area contributed by atoms with Gasteiger partial charge in [-0.1, -0.05) is 0 Å². The summed E-state index contributed by atoms with van der Waals surface area (Å²) in [4.78, 5) is 18.4. The molecule has 0 aliphatic heterocycles. The first-order valence-electron chi connectivity index (χ1n) is 4.39. The van der Waals surface area contributed by atoms with Crippen molar-refractivity contribution in [1.82, 2.24) is 14.5 Å². The van der Waals surface area contributed by atoms with Crippen LogP contribution in [0.3, 0.4) is 0 Å². The molecule has 76 valence electrons. The zero-order valence-corrected chi connectivity index (χ0v) is 8.91. The van der Waals surface area contributed by atoms with Crippen molar-refractivity contribution in [1.29, 1.82) is 0 Å². The van der Waals surface area contributed by atoms with E-state index < -0.39 is 0 Å². The fourth-order valence-electron chi connectivity index (χ4n) is 1.24. The number of aromatic amines is 1. The van der Waals surface area contributed by atoms with E-state index in [-0.39, 0.29) is 5.56 Å². The van der Waals surface area contributed by atoms with E-state index in [9.17, 15) is 4.79 Å². The highest BCUT2D eigenvalue weighted by Gasteiger charge is 2.00. The highest BCUT2D eigenvalue weighted by molar-refractivity contribution is 7.71. The van der Waals surface area contributed by atoms with Gasteiger partial charge in [-0.3, -0.25) is 14.3 Å². The maximum Gasteiger partial charge on any atom is 0.254 e. The smallest absolute Gasteiger partial charge is 0.254 e. The van der Waals surface area contributed by atoms with Crippen LogP contribution in [0.5, 0.6) is 0 Å². The van der Waals surface area contributed by atoms with Gasteiger partial charge in [0.1, 0.15) is 0 Å². The van der Waals surface area contributed by atoms with E-state index in [1.54, 1.807) is 19.4 Å². The Hall–Kier alpha value is -1.75. The van der Waals surface area contributed by atoms with Crippen LogP contribution in [0.4, 0.5) is 0 Å². The van der Waals surface area contributed by atoms with Gasteiger partial charge >= 0.3 is 0 Å². The van der Waals surface area contributed by atoms with Crippen LogP contribution in [0.25, 0.3) is 11.3 Å². The van der Waals surface area contributed by atoms with E-state index in [0.717, 1.165) is 5.56 Å². The first-order valence-corrected chi connectivity index (χ1v) is 4.80. The molecule has 2 rings (SSSR count). The Morgan fingerprint density at radius 2 is 2.07 bits per heavy atom. The van der Waals surface area contributed by atoms with Crippen LogP contribution < -0.4 is 5.56 Å². The molecule has 0 spiro atoms. The number of hydrogen-bond acceptors (Lipinski definition) is 3. The quantitative estimate of drug-likeness (QED) is 0.739. The molecular weight excluding hydrogens is 210 g/mol. The van der Waals surface area contributed by atoms with E-state index >= 15 is 0 Å². The van der Waals surface area contributed by atoms with Crippen molar-refractivity contribution in [2.75, 3.05) is 0 Å². The SMILES string of the molecule is Cn1c(=O)cc(-c2ccncc2)[nH]c1=S. The minimum atomic E-state index is -0.120. The topological polar surface area (TPSA) is 50.7 Å². The van der Waals surface area contributed by atoms with E-state index in [4.69, 9.17) is 12.2 Å². The lowest BCUT2D eigenvalue weighted by Crippen LogP contribution is -2.17. The summed E-state index contributed by atoms with van der Waals surface area (Å²) in [5, 5.41) is 0. The highest BCUT2D eigenvalue weighted by atomic mass is 32.1. The van der Waals surface area contributed by atoms with Gasteiger partial charge in [-0.15, -0.1) is 0 Å². The zero-order valence-electron chi connectivity index (χ0n) is 8.10. The van der Waals surface area contributed by atoms with E-state index in [1.807, 2.05) is 12.1 Å². The molecule has 15 heavy (non-hydrogen) atoms. The number of H-pyrrole nitrogens is 1. The molecule has 0 amide bonds. The largest absolute Gasteiger partial charge is 0.332 e. The molecule has 0 unspecified atom stereocenters. The van der Waals surface area contributed by atoms with Crippen molar-refractivity contribution in [3.8, 4) is 11.3 Å². The number of nitrogens with zero attached hydrogens (tertiary/aromatic N) is 2. The molecule has 0 atom stereocenters. The third kappa shape index (κ3) is 1.87. The summed E-state index contributed by atoms with van der Waals surface area (Å²) in [6.07, 6.45) is 3.34. The van der Waals surface area contributed by atoms with Gasteiger partial charge in [-0.25, -0.2) is 0 Å². The molecule has 0 saturated carbocycles. The van der Waals surface area contributed by atoms with Crippen LogP contribution in [0, 0.1) is 4.77 Å². The van der Waals surface area contributed by atoms with Crippen LogP contribution in [0.2, 0.25) is 0 Å². The average molecular weight is 219 g/mol. The summed E-state index contributed by atoms with van der Waals surface area (Å²) in [5.41, 5.74) is 1.49. The molecule has 4 nitrogen and oxygen atoms in total. The molecule has 0 aliphatic carbocycles. The molecule has 2 aromatic rings. The van der Waals surface area contributed by atoms with Crippen molar-refractivity contribution in [3.05, 3.63) is 45.7 Å². The van der Waals surface area contributed by atoms with Crippen LogP contribution in [-0.2, 0) is 7.05 Å². The predicted molar refractivity (Wildman–Crippen MR) is 60.1 cm³/mol. The third-order valence-corrected chi connectivity index (χ3v) is 2.51. The summed E-state index contributed by atoms with van der Waals surface area (Å²) in [5.74, 6) is 0. The molecule has 0 aromatic carbocycles. The summed E-state index contributed by atoms with van der Waals surface area (Å²) in [7, 11) is 1.64. The molecular formula is C10H9N3OS. The monoisotopic (exact) mass is 219 g/mol. The van der Waals surface area contributed by atoms with E-state index in [0.29, 0.717) is 10.5 Å². The molecule has 2 heterocycles. The standard InChI is InChI=1S/C10H9N3OS/c1-13-9(14)6-8(12-10(13)15)7-2-4-11-5-3-7/h2-6H,1H3,(H,12,15). The Labute approximate surface area is 91.2 Å². The lowest BCUT2D eigenvalue weighted by molar-refractivity contribution is 0.808. The molecule has 0 aliphatic rings. The van der Waals surface area contributed by atoms with Gasteiger partial charge in [-0.05, 0) is 24.4 Å². The summed E-state index contributed by atoms with van der Waals surface area (Å²) < 4.78 is 1.80. The summed E-state index contributed by atoms with van der Waals surface area (Å²) in [6.45, 7) is 0. The highest BCUT2D eigenvalue weighted by Crippen LogP contribution is 2.12. The Balaban J connectivity index is 2.67. The predicted octanol–water partition coefficient (Wildman–Crippen LogP) is 1.50. The number of nitrogens with one attached hydrogen (secondary N) is 1. The van der Waals surface area contributed by atoms with Crippen molar-refractivity contribution in [2.45, 2.75) is 0 Å². The lowest BCUT2D eigenvalue weighted by Gasteiger charge is -2.03.